The van der Waals surface area contributed by atoms with Crippen LogP contribution in [0, 0.1) is 0 Å². The first-order valence-corrected chi connectivity index (χ1v) is 9.08. The Morgan fingerprint density at radius 1 is 1.19 bits per heavy atom. The van der Waals surface area contributed by atoms with E-state index in [0.717, 1.165) is 35.8 Å². The van der Waals surface area contributed by atoms with Crippen molar-refractivity contribution in [2.45, 2.75) is 19.4 Å². The summed E-state index contributed by atoms with van der Waals surface area (Å²) < 4.78 is 5.13. The highest BCUT2D eigenvalue weighted by Crippen LogP contribution is 2.17. The average molecular weight is 376 g/mol. The number of nitrogens with one attached hydrogen (secondary N) is 2. The fourth-order valence-corrected chi connectivity index (χ4v) is 2.68. The summed E-state index contributed by atoms with van der Waals surface area (Å²) in [6.45, 7) is 3.76. The number of halogens is 1. The molecule has 2 aromatic carbocycles. The molecule has 0 saturated carbocycles. The molecule has 2 aromatic rings. The largest absolute Gasteiger partial charge is 0.497 e. The Bertz CT molecular complexity index is 704. The zero-order valence-corrected chi connectivity index (χ0v) is 16.0. The van der Waals surface area contributed by atoms with Crippen LogP contribution >= 0.6 is 11.6 Å². The number of guanidine groups is 1. The zero-order chi connectivity index (χ0) is 18.8. The van der Waals surface area contributed by atoms with E-state index >= 15 is 0 Å². The Labute approximate surface area is 160 Å². The number of aliphatic hydroxyl groups excluding tert-OH is 1. The number of aliphatic hydroxyl groups is 1. The summed E-state index contributed by atoms with van der Waals surface area (Å²) in [5.74, 6) is 1.45. The molecule has 0 amide bonds. The maximum atomic E-state index is 10.3. The van der Waals surface area contributed by atoms with Gasteiger partial charge in [0, 0.05) is 18.1 Å². The minimum atomic E-state index is -0.663. The third-order valence-electron chi connectivity index (χ3n) is 3.86. The van der Waals surface area contributed by atoms with E-state index in [4.69, 9.17) is 16.3 Å². The number of rotatable bonds is 8. The molecular formula is C20H26ClN3O2. The lowest BCUT2D eigenvalue weighted by molar-refractivity contribution is 0.187. The molecule has 0 fully saturated rings. The van der Waals surface area contributed by atoms with Gasteiger partial charge in [-0.3, -0.25) is 4.99 Å². The van der Waals surface area contributed by atoms with Gasteiger partial charge in [0.2, 0.25) is 0 Å². The van der Waals surface area contributed by atoms with Crippen molar-refractivity contribution >= 4 is 17.6 Å². The van der Waals surface area contributed by atoms with Crippen LogP contribution in [0.4, 0.5) is 0 Å². The van der Waals surface area contributed by atoms with Gasteiger partial charge in [-0.25, -0.2) is 0 Å². The molecule has 0 spiro atoms. The number of methoxy groups -OCH3 is 1. The maximum Gasteiger partial charge on any atom is 0.191 e. The monoisotopic (exact) mass is 375 g/mol. The van der Waals surface area contributed by atoms with E-state index in [1.807, 2.05) is 55.5 Å². The van der Waals surface area contributed by atoms with Crippen LogP contribution in [0.2, 0.25) is 5.02 Å². The van der Waals surface area contributed by atoms with Crippen LogP contribution in [0.1, 0.15) is 24.2 Å². The van der Waals surface area contributed by atoms with Gasteiger partial charge in [-0.2, -0.15) is 0 Å². The first-order chi connectivity index (χ1) is 12.6. The van der Waals surface area contributed by atoms with Gasteiger partial charge >= 0.3 is 0 Å². The normalized spacial score (nSPS) is 12.5. The number of benzene rings is 2. The van der Waals surface area contributed by atoms with Gasteiger partial charge in [-0.15, -0.1) is 0 Å². The van der Waals surface area contributed by atoms with Gasteiger partial charge in [0.25, 0.3) is 0 Å². The lowest BCUT2D eigenvalue weighted by Gasteiger charge is -2.14. The molecule has 0 aliphatic carbocycles. The van der Waals surface area contributed by atoms with Gasteiger partial charge in [0.1, 0.15) is 5.75 Å². The first kappa shape index (κ1) is 20.1. The van der Waals surface area contributed by atoms with E-state index in [1.165, 1.54) is 5.56 Å². The van der Waals surface area contributed by atoms with Crippen molar-refractivity contribution in [3.05, 3.63) is 64.7 Å². The smallest absolute Gasteiger partial charge is 0.191 e. The maximum absolute atomic E-state index is 10.3. The van der Waals surface area contributed by atoms with E-state index in [9.17, 15) is 5.11 Å². The van der Waals surface area contributed by atoms with Crippen molar-refractivity contribution in [1.29, 1.82) is 0 Å². The van der Waals surface area contributed by atoms with Gasteiger partial charge < -0.3 is 20.5 Å². The lowest BCUT2D eigenvalue weighted by atomic mass is 10.1. The standard InChI is InChI=1S/C20H26ClN3O2/c1-3-22-20(23-12-11-15-5-4-6-17(21)13-15)24-14-19(25)16-7-9-18(26-2)10-8-16/h4-10,13,19,25H,3,11-12,14H2,1-2H3,(H2,22,23,24). The SMILES string of the molecule is CCNC(=NCC(O)c1ccc(OC)cc1)NCCc1cccc(Cl)c1. The highest BCUT2D eigenvalue weighted by Gasteiger charge is 2.08. The zero-order valence-electron chi connectivity index (χ0n) is 15.2. The molecule has 1 unspecified atom stereocenters. The highest BCUT2D eigenvalue weighted by molar-refractivity contribution is 6.30. The van der Waals surface area contributed by atoms with Crippen molar-refractivity contribution in [1.82, 2.24) is 10.6 Å². The second kappa shape index (κ2) is 10.7. The molecule has 0 aliphatic rings. The number of nitrogens with zero attached hydrogens (tertiary/aromatic N) is 1. The van der Waals surface area contributed by atoms with E-state index < -0.39 is 6.10 Å². The fraction of sp³-hybridized carbons (Fsp3) is 0.350. The molecule has 5 nitrogen and oxygen atoms in total. The van der Waals surface area contributed by atoms with Crippen LogP contribution in [0.25, 0.3) is 0 Å². The Morgan fingerprint density at radius 2 is 1.96 bits per heavy atom. The van der Waals surface area contributed by atoms with E-state index in [0.29, 0.717) is 5.96 Å². The minimum absolute atomic E-state index is 0.277. The Kier molecular flexibility index (Phi) is 8.25. The number of ether oxygens (including phenoxy) is 1. The first-order valence-electron chi connectivity index (χ1n) is 8.71. The molecule has 2 rings (SSSR count). The Morgan fingerprint density at radius 3 is 2.62 bits per heavy atom. The van der Waals surface area contributed by atoms with Crippen molar-refractivity contribution in [3.63, 3.8) is 0 Å². The van der Waals surface area contributed by atoms with E-state index in [1.54, 1.807) is 7.11 Å². The van der Waals surface area contributed by atoms with E-state index in [-0.39, 0.29) is 6.54 Å². The second-order valence-corrected chi connectivity index (χ2v) is 6.25. The molecule has 1 atom stereocenters. The molecular weight excluding hydrogens is 350 g/mol. The molecule has 26 heavy (non-hydrogen) atoms. The van der Waals surface area contributed by atoms with Crippen molar-refractivity contribution in [2.24, 2.45) is 4.99 Å². The second-order valence-electron chi connectivity index (χ2n) is 5.82. The van der Waals surface area contributed by atoms with Crippen LogP contribution in [0.15, 0.2) is 53.5 Å². The molecule has 140 valence electrons. The van der Waals surface area contributed by atoms with Crippen LogP contribution in [0.5, 0.6) is 5.75 Å². The molecule has 0 aliphatic heterocycles. The predicted octanol–water partition coefficient (Wildman–Crippen LogP) is 3.18. The molecule has 0 aromatic heterocycles. The summed E-state index contributed by atoms with van der Waals surface area (Å²) in [6.07, 6.45) is 0.177. The summed E-state index contributed by atoms with van der Waals surface area (Å²) in [5, 5.41) is 17.5. The number of hydrogen-bond acceptors (Lipinski definition) is 3. The average Bonchev–Trinajstić information content (AvgIpc) is 2.66. The van der Waals surface area contributed by atoms with Crippen molar-refractivity contribution in [3.8, 4) is 5.75 Å². The van der Waals surface area contributed by atoms with Crippen LogP contribution in [-0.2, 0) is 6.42 Å². The predicted molar refractivity (Wildman–Crippen MR) is 107 cm³/mol. The summed E-state index contributed by atoms with van der Waals surface area (Å²) in [7, 11) is 1.62. The minimum Gasteiger partial charge on any atom is -0.497 e. The van der Waals surface area contributed by atoms with Gasteiger partial charge in [0.15, 0.2) is 5.96 Å². The van der Waals surface area contributed by atoms with E-state index in [2.05, 4.69) is 15.6 Å². The Balaban J connectivity index is 1.88. The van der Waals surface area contributed by atoms with Crippen molar-refractivity contribution < 1.29 is 9.84 Å². The summed E-state index contributed by atoms with van der Waals surface area (Å²) >= 11 is 6.01. The quantitative estimate of drug-likeness (QED) is 0.489. The topological polar surface area (TPSA) is 65.9 Å². The van der Waals surface area contributed by atoms with Gasteiger partial charge in [-0.1, -0.05) is 35.9 Å². The number of aliphatic imine (C=N–C) groups is 1. The third-order valence-corrected chi connectivity index (χ3v) is 4.10. The van der Waals surface area contributed by atoms with Gasteiger partial charge in [-0.05, 0) is 48.7 Å². The molecule has 0 heterocycles. The summed E-state index contributed by atoms with van der Waals surface area (Å²) in [5.41, 5.74) is 1.98. The molecule has 3 N–H and O–H groups in total. The van der Waals surface area contributed by atoms with Gasteiger partial charge in [0.05, 0.1) is 19.8 Å². The molecule has 0 radical (unpaired) electrons. The van der Waals surface area contributed by atoms with Crippen LogP contribution in [-0.4, -0.2) is 37.8 Å². The summed E-state index contributed by atoms with van der Waals surface area (Å²) in [4.78, 5) is 4.47. The van der Waals surface area contributed by atoms with Crippen LogP contribution < -0.4 is 15.4 Å². The van der Waals surface area contributed by atoms with Crippen LogP contribution in [0.3, 0.4) is 0 Å². The molecule has 6 heteroatoms. The van der Waals surface area contributed by atoms with Crippen molar-refractivity contribution in [2.75, 3.05) is 26.7 Å². The number of hydrogen-bond donors (Lipinski definition) is 3. The summed E-state index contributed by atoms with van der Waals surface area (Å²) in [6, 6.07) is 15.2. The molecule has 0 bridgehead atoms. The Hall–Kier alpha value is -2.24. The lowest BCUT2D eigenvalue weighted by Crippen LogP contribution is -2.38. The fourth-order valence-electron chi connectivity index (χ4n) is 2.47. The third kappa shape index (κ3) is 6.58. The molecule has 0 saturated heterocycles. The highest BCUT2D eigenvalue weighted by atomic mass is 35.5.